The molecule has 0 spiro atoms. The van der Waals surface area contributed by atoms with Gasteiger partial charge in [0.2, 0.25) is 0 Å². The van der Waals surface area contributed by atoms with Gasteiger partial charge >= 0.3 is 0 Å². The van der Waals surface area contributed by atoms with E-state index in [1.165, 1.54) is 22.3 Å². The fraction of sp³-hybridized carbons (Fsp3) is 0.286. The van der Waals surface area contributed by atoms with Crippen molar-refractivity contribution in [2.75, 3.05) is 0 Å². The summed E-state index contributed by atoms with van der Waals surface area (Å²) in [4.78, 5) is 0. The largest absolute Gasteiger partial charge is 0.120 e. The van der Waals surface area contributed by atoms with Gasteiger partial charge in [-0.1, -0.05) is 29.8 Å². The number of hydrogen-bond donors (Lipinski definition) is 0. The Kier molecular flexibility index (Phi) is 2.17. The predicted molar refractivity (Wildman–Crippen MR) is 61.1 cm³/mol. The Hall–Kier alpha value is -1.48. The molecule has 0 fully saturated rings. The molecule has 1 atom stereocenters. The van der Waals surface area contributed by atoms with Crippen LogP contribution in [0.15, 0.2) is 18.2 Å². The lowest BCUT2D eigenvalue weighted by molar-refractivity contribution is 0.889. The van der Waals surface area contributed by atoms with Crippen molar-refractivity contribution < 1.29 is 0 Å². The van der Waals surface area contributed by atoms with Crippen LogP contribution >= 0.6 is 0 Å². The van der Waals surface area contributed by atoms with Gasteiger partial charge in [0.1, 0.15) is 0 Å². The lowest BCUT2D eigenvalue weighted by Gasteiger charge is -2.12. The summed E-state index contributed by atoms with van der Waals surface area (Å²) in [6.07, 6.45) is 10.6. The summed E-state index contributed by atoms with van der Waals surface area (Å²) in [5.41, 5.74) is 5.47. The molecule has 0 heteroatoms. The van der Waals surface area contributed by atoms with E-state index in [-0.39, 0.29) is 0 Å². The second-order valence-electron chi connectivity index (χ2n) is 3.96. The summed E-state index contributed by atoms with van der Waals surface area (Å²) >= 11 is 0. The van der Waals surface area contributed by atoms with Gasteiger partial charge in [-0.05, 0) is 30.5 Å². The Morgan fingerprint density at radius 3 is 2.86 bits per heavy atom. The van der Waals surface area contributed by atoms with Crippen molar-refractivity contribution in [3.63, 3.8) is 0 Å². The average molecular weight is 182 g/mol. The lowest BCUT2D eigenvalue weighted by atomic mass is 9.92. The number of fused-ring (bicyclic) bond motifs is 1. The molecule has 0 heterocycles. The van der Waals surface area contributed by atoms with Crippen LogP contribution in [-0.2, 0) is 0 Å². The smallest absolute Gasteiger partial charge is 0.0190 e. The molecule has 14 heavy (non-hydrogen) atoms. The zero-order chi connectivity index (χ0) is 10.1. The van der Waals surface area contributed by atoms with Crippen molar-refractivity contribution in [2.24, 2.45) is 0 Å². The van der Waals surface area contributed by atoms with Crippen LogP contribution in [-0.4, -0.2) is 0 Å². The third-order valence-electron chi connectivity index (χ3n) is 2.78. The van der Waals surface area contributed by atoms with Crippen LogP contribution in [0.2, 0.25) is 0 Å². The molecule has 1 aromatic carbocycles. The Bertz CT molecular complexity index is 430. The lowest BCUT2D eigenvalue weighted by Crippen LogP contribution is -1.96. The first-order valence-electron chi connectivity index (χ1n) is 4.95. The maximum atomic E-state index is 5.36. The highest BCUT2D eigenvalue weighted by molar-refractivity contribution is 5.65. The van der Waals surface area contributed by atoms with Gasteiger partial charge in [-0.25, -0.2) is 0 Å². The van der Waals surface area contributed by atoms with Crippen molar-refractivity contribution >= 4 is 6.08 Å². The highest BCUT2D eigenvalue weighted by Crippen LogP contribution is 2.35. The van der Waals surface area contributed by atoms with E-state index >= 15 is 0 Å². The van der Waals surface area contributed by atoms with Crippen molar-refractivity contribution in [3.8, 4) is 12.3 Å². The van der Waals surface area contributed by atoms with Crippen LogP contribution < -0.4 is 0 Å². The van der Waals surface area contributed by atoms with E-state index in [4.69, 9.17) is 6.42 Å². The Morgan fingerprint density at radius 1 is 1.36 bits per heavy atom. The third-order valence-corrected chi connectivity index (χ3v) is 2.78. The van der Waals surface area contributed by atoms with Gasteiger partial charge in [0.15, 0.2) is 0 Å². The topological polar surface area (TPSA) is 0 Å². The molecule has 1 aliphatic carbocycles. The summed E-state index contributed by atoms with van der Waals surface area (Å²) < 4.78 is 0. The van der Waals surface area contributed by atoms with E-state index < -0.39 is 0 Å². The molecule has 2 rings (SSSR count). The molecule has 0 N–H and O–H groups in total. The number of benzene rings is 1. The standard InChI is InChI=1S/C14H14/c1-4-5-12-6-7-13-9-10(2)8-11(3)14(12)13/h1,6-9,12H,5H2,2-3H3. The minimum atomic E-state index is 0.440. The van der Waals surface area contributed by atoms with Gasteiger partial charge < -0.3 is 0 Å². The fourth-order valence-corrected chi connectivity index (χ4v) is 2.27. The van der Waals surface area contributed by atoms with Gasteiger partial charge in [0.25, 0.3) is 0 Å². The normalized spacial score (nSPS) is 17.9. The SMILES string of the molecule is C#CCC1C=Cc2cc(C)cc(C)c21. The second kappa shape index (κ2) is 3.35. The number of aryl methyl sites for hydroxylation is 2. The molecule has 0 aromatic heterocycles. The van der Waals surface area contributed by atoms with E-state index in [0.29, 0.717) is 5.92 Å². The van der Waals surface area contributed by atoms with Gasteiger partial charge in [-0.3, -0.25) is 0 Å². The first-order chi connectivity index (χ1) is 6.72. The minimum absolute atomic E-state index is 0.440. The predicted octanol–water partition coefficient (Wildman–Crippen LogP) is 3.44. The first-order valence-corrected chi connectivity index (χ1v) is 4.95. The van der Waals surface area contributed by atoms with Crippen molar-refractivity contribution in [2.45, 2.75) is 26.2 Å². The molecule has 1 unspecified atom stereocenters. The van der Waals surface area contributed by atoms with Crippen LogP contribution in [0.3, 0.4) is 0 Å². The Balaban J connectivity index is 2.50. The minimum Gasteiger partial charge on any atom is -0.120 e. The molecule has 0 radical (unpaired) electrons. The van der Waals surface area contributed by atoms with Gasteiger partial charge in [-0.2, -0.15) is 0 Å². The number of rotatable bonds is 1. The van der Waals surface area contributed by atoms with Crippen molar-refractivity contribution in [3.05, 3.63) is 40.5 Å². The second-order valence-corrected chi connectivity index (χ2v) is 3.96. The number of terminal acetylenes is 1. The van der Waals surface area contributed by atoms with E-state index in [2.05, 4.69) is 44.1 Å². The summed E-state index contributed by atoms with van der Waals surface area (Å²) in [6, 6.07) is 4.46. The van der Waals surface area contributed by atoms with Crippen molar-refractivity contribution in [1.29, 1.82) is 0 Å². The average Bonchev–Trinajstić information content (AvgIpc) is 2.49. The van der Waals surface area contributed by atoms with Crippen molar-refractivity contribution in [1.82, 2.24) is 0 Å². The molecule has 0 aliphatic heterocycles. The highest BCUT2D eigenvalue weighted by Gasteiger charge is 2.18. The van der Waals surface area contributed by atoms with E-state index in [1.807, 2.05) is 0 Å². The first kappa shape index (κ1) is 9.09. The summed E-state index contributed by atoms with van der Waals surface area (Å²) in [5, 5.41) is 0. The Labute approximate surface area is 85.7 Å². The molecular weight excluding hydrogens is 168 g/mol. The van der Waals surface area contributed by atoms with Gasteiger partial charge in [0, 0.05) is 12.3 Å². The molecule has 1 aliphatic rings. The highest BCUT2D eigenvalue weighted by atomic mass is 14.2. The Morgan fingerprint density at radius 2 is 2.14 bits per heavy atom. The van der Waals surface area contributed by atoms with E-state index in [9.17, 15) is 0 Å². The number of hydrogen-bond acceptors (Lipinski definition) is 0. The van der Waals surface area contributed by atoms with E-state index in [1.54, 1.807) is 0 Å². The van der Waals surface area contributed by atoms with Gasteiger partial charge in [0.05, 0.1) is 0 Å². The van der Waals surface area contributed by atoms with E-state index in [0.717, 1.165) is 6.42 Å². The molecular formula is C14H14. The van der Waals surface area contributed by atoms with Crippen LogP contribution in [0.5, 0.6) is 0 Å². The zero-order valence-electron chi connectivity index (χ0n) is 8.67. The van der Waals surface area contributed by atoms with Crippen LogP contribution in [0.1, 0.15) is 34.6 Å². The summed E-state index contributed by atoms with van der Waals surface area (Å²) in [5.74, 6) is 3.18. The molecule has 0 bridgehead atoms. The third kappa shape index (κ3) is 1.36. The molecule has 0 saturated carbocycles. The molecule has 0 nitrogen and oxygen atoms in total. The van der Waals surface area contributed by atoms with Crippen LogP contribution in [0.4, 0.5) is 0 Å². The molecule has 0 saturated heterocycles. The fourth-order valence-electron chi connectivity index (χ4n) is 2.27. The summed E-state index contributed by atoms with van der Waals surface area (Å²) in [6.45, 7) is 4.30. The monoisotopic (exact) mass is 182 g/mol. The maximum absolute atomic E-state index is 5.36. The molecule has 70 valence electrons. The summed E-state index contributed by atoms with van der Waals surface area (Å²) in [7, 11) is 0. The van der Waals surface area contributed by atoms with Crippen LogP contribution in [0, 0.1) is 26.2 Å². The quantitative estimate of drug-likeness (QED) is 0.584. The molecule has 1 aromatic rings. The maximum Gasteiger partial charge on any atom is 0.0190 e. The molecule has 0 amide bonds. The zero-order valence-corrected chi connectivity index (χ0v) is 8.67. The van der Waals surface area contributed by atoms with Crippen LogP contribution in [0.25, 0.3) is 6.08 Å². The number of allylic oxidation sites excluding steroid dienone is 1. The van der Waals surface area contributed by atoms with Gasteiger partial charge in [-0.15, -0.1) is 12.3 Å².